The van der Waals surface area contributed by atoms with E-state index in [2.05, 4.69) is 10.6 Å². The Bertz CT molecular complexity index is 782. The minimum absolute atomic E-state index is 0.121. The van der Waals surface area contributed by atoms with Gasteiger partial charge in [-0.1, -0.05) is 11.6 Å². The van der Waals surface area contributed by atoms with Crippen molar-refractivity contribution in [2.45, 2.75) is 6.92 Å². The first kappa shape index (κ1) is 18.7. The van der Waals surface area contributed by atoms with Gasteiger partial charge in [0.1, 0.15) is 5.75 Å². The molecule has 0 unspecified atom stereocenters. The van der Waals surface area contributed by atoms with Crippen LogP contribution in [0.4, 0.5) is 14.5 Å². The van der Waals surface area contributed by atoms with Gasteiger partial charge in [0.25, 0.3) is 11.8 Å². The van der Waals surface area contributed by atoms with Gasteiger partial charge in [-0.2, -0.15) is 0 Å². The van der Waals surface area contributed by atoms with Crippen molar-refractivity contribution in [1.29, 1.82) is 0 Å². The summed E-state index contributed by atoms with van der Waals surface area (Å²) in [4.78, 5) is 23.4. The van der Waals surface area contributed by atoms with Crippen LogP contribution in [0.15, 0.2) is 36.4 Å². The molecule has 0 saturated heterocycles. The third-order valence-corrected chi connectivity index (χ3v) is 3.42. The Labute approximate surface area is 147 Å². The lowest BCUT2D eigenvalue weighted by molar-refractivity contribution is -0.122. The molecule has 2 aromatic carbocycles. The lowest BCUT2D eigenvalue weighted by Gasteiger charge is -2.09. The van der Waals surface area contributed by atoms with Gasteiger partial charge in [0.2, 0.25) is 0 Å². The number of nitrogens with one attached hydrogen (secondary N) is 2. The average molecular weight is 369 g/mol. The highest BCUT2D eigenvalue weighted by Gasteiger charge is 2.15. The molecule has 0 aliphatic heterocycles. The van der Waals surface area contributed by atoms with E-state index in [1.807, 2.05) is 0 Å². The second kappa shape index (κ2) is 8.43. The van der Waals surface area contributed by atoms with E-state index in [0.29, 0.717) is 18.0 Å². The molecule has 2 aromatic rings. The van der Waals surface area contributed by atoms with E-state index in [1.165, 1.54) is 0 Å². The standard InChI is InChI=1S/C17H15ClF2N2O3/c1-2-21-16(23)9-25-11-5-3-10(4-6-11)22-17(24)12-7-14(19)15(20)8-13(12)18/h3-8H,2,9H2,1H3,(H,21,23)(H,22,24). The Balaban J connectivity index is 2.00. The minimum Gasteiger partial charge on any atom is -0.484 e. The number of hydrogen-bond donors (Lipinski definition) is 2. The van der Waals surface area contributed by atoms with E-state index >= 15 is 0 Å². The molecule has 0 fully saturated rings. The van der Waals surface area contributed by atoms with Crippen LogP contribution in [-0.4, -0.2) is 25.0 Å². The van der Waals surface area contributed by atoms with E-state index in [9.17, 15) is 18.4 Å². The zero-order valence-corrected chi connectivity index (χ0v) is 14.0. The maximum atomic E-state index is 13.3. The molecule has 0 atom stereocenters. The number of carbonyl (C=O) groups is 2. The second-order valence-electron chi connectivity index (χ2n) is 4.97. The predicted molar refractivity (Wildman–Crippen MR) is 89.9 cm³/mol. The summed E-state index contributed by atoms with van der Waals surface area (Å²) < 4.78 is 31.6. The van der Waals surface area contributed by atoms with Gasteiger partial charge in [-0.25, -0.2) is 8.78 Å². The zero-order valence-electron chi connectivity index (χ0n) is 13.2. The van der Waals surface area contributed by atoms with Crippen molar-refractivity contribution in [3.8, 4) is 5.75 Å². The SMILES string of the molecule is CCNC(=O)COc1ccc(NC(=O)c2cc(F)c(F)cc2Cl)cc1. The van der Waals surface area contributed by atoms with E-state index in [0.717, 1.165) is 12.1 Å². The van der Waals surface area contributed by atoms with Gasteiger partial charge < -0.3 is 15.4 Å². The van der Waals surface area contributed by atoms with Gasteiger partial charge in [0.15, 0.2) is 18.2 Å². The highest BCUT2D eigenvalue weighted by Crippen LogP contribution is 2.22. The molecule has 0 radical (unpaired) electrons. The molecule has 2 N–H and O–H groups in total. The molecule has 0 bridgehead atoms. The second-order valence-corrected chi connectivity index (χ2v) is 5.37. The first-order valence-electron chi connectivity index (χ1n) is 7.36. The molecule has 0 aliphatic rings. The first-order valence-corrected chi connectivity index (χ1v) is 7.74. The maximum absolute atomic E-state index is 13.3. The summed E-state index contributed by atoms with van der Waals surface area (Å²) in [6, 6.07) is 7.67. The van der Waals surface area contributed by atoms with Gasteiger partial charge >= 0.3 is 0 Å². The predicted octanol–water partition coefficient (Wildman–Crippen LogP) is 3.39. The third kappa shape index (κ3) is 5.15. The van der Waals surface area contributed by atoms with Crippen molar-refractivity contribution in [2.24, 2.45) is 0 Å². The Morgan fingerprint density at radius 2 is 1.76 bits per heavy atom. The van der Waals surface area contributed by atoms with E-state index < -0.39 is 17.5 Å². The summed E-state index contributed by atoms with van der Waals surface area (Å²) in [5.74, 6) is -2.78. The molecule has 0 heterocycles. The van der Waals surface area contributed by atoms with Crippen LogP contribution in [0.3, 0.4) is 0 Å². The van der Waals surface area contributed by atoms with Gasteiger partial charge in [-0.05, 0) is 43.3 Å². The molecule has 0 saturated carbocycles. The lowest BCUT2D eigenvalue weighted by atomic mass is 10.2. The van der Waals surface area contributed by atoms with Crippen molar-refractivity contribution in [1.82, 2.24) is 5.32 Å². The summed E-state index contributed by atoms with van der Waals surface area (Å²) in [7, 11) is 0. The molecular formula is C17H15ClF2N2O3. The largest absolute Gasteiger partial charge is 0.484 e. The normalized spacial score (nSPS) is 10.2. The van der Waals surface area contributed by atoms with Gasteiger partial charge in [-0.3, -0.25) is 9.59 Å². The van der Waals surface area contributed by atoms with Crippen LogP contribution < -0.4 is 15.4 Å². The van der Waals surface area contributed by atoms with Crippen molar-refractivity contribution >= 4 is 29.1 Å². The number of rotatable bonds is 6. The quantitative estimate of drug-likeness (QED) is 0.768. The average Bonchev–Trinajstić information content (AvgIpc) is 2.57. The van der Waals surface area contributed by atoms with Gasteiger partial charge in [-0.15, -0.1) is 0 Å². The van der Waals surface area contributed by atoms with Crippen molar-refractivity contribution < 1.29 is 23.1 Å². The summed E-state index contributed by atoms with van der Waals surface area (Å²) in [5.41, 5.74) is 0.216. The Kier molecular flexibility index (Phi) is 6.30. The lowest BCUT2D eigenvalue weighted by Crippen LogP contribution is -2.28. The third-order valence-electron chi connectivity index (χ3n) is 3.11. The Morgan fingerprint density at radius 1 is 1.12 bits per heavy atom. The fourth-order valence-electron chi connectivity index (χ4n) is 1.93. The summed E-state index contributed by atoms with van der Waals surface area (Å²) in [5, 5.41) is 4.91. The van der Waals surface area contributed by atoms with Gasteiger partial charge in [0.05, 0.1) is 10.6 Å². The number of ether oxygens (including phenoxy) is 1. The van der Waals surface area contributed by atoms with Crippen molar-refractivity contribution in [3.05, 3.63) is 58.6 Å². The molecule has 5 nitrogen and oxygen atoms in total. The molecule has 2 rings (SSSR count). The van der Waals surface area contributed by atoms with Crippen LogP contribution in [0.1, 0.15) is 17.3 Å². The topological polar surface area (TPSA) is 67.4 Å². The molecule has 0 spiro atoms. The number of benzene rings is 2. The Morgan fingerprint density at radius 3 is 2.40 bits per heavy atom. The molecular weight excluding hydrogens is 354 g/mol. The van der Waals surface area contributed by atoms with E-state index in [-0.39, 0.29) is 23.1 Å². The van der Waals surface area contributed by atoms with Crippen LogP contribution in [-0.2, 0) is 4.79 Å². The summed E-state index contributed by atoms with van der Waals surface area (Å²) in [6.45, 7) is 2.19. The molecule has 25 heavy (non-hydrogen) atoms. The van der Waals surface area contributed by atoms with Crippen LogP contribution in [0.25, 0.3) is 0 Å². The fourth-order valence-corrected chi connectivity index (χ4v) is 2.16. The molecule has 0 aromatic heterocycles. The van der Waals surface area contributed by atoms with Gasteiger partial charge in [0, 0.05) is 12.2 Å². The smallest absolute Gasteiger partial charge is 0.257 e. The number of halogens is 3. The highest BCUT2D eigenvalue weighted by atomic mass is 35.5. The van der Waals surface area contributed by atoms with Crippen molar-refractivity contribution in [3.63, 3.8) is 0 Å². The van der Waals surface area contributed by atoms with Crippen LogP contribution >= 0.6 is 11.6 Å². The molecule has 8 heteroatoms. The monoisotopic (exact) mass is 368 g/mol. The molecule has 2 amide bonds. The maximum Gasteiger partial charge on any atom is 0.257 e. The zero-order chi connectivity index (χ0) is 18.4. The number of carbonyl (C=O) groups excluding carboxylic acids is 2. The Hall–Kier alpha value is -2.67. The number of likely N-dealkylation sites (N-methyl/N-ethyl adjacent to an activating group) is 1. The first-order chi connectivity index (χ1) is 11.9. The minimum atomic E-state index is -1.16. The molecule has 0 aliphatic carbocycles. The number of anilines is 1. The van der Waals surface area contributed by atoms with E-state index in [1.54, 1.807) is 31.2 Å². The highest BCUT2D eigenvalue weighted by molar-refractivity contribution is 6.34. The number of hydrogen-bond acceptors (Lipinski definition) is 3. The number of amides is 2. The van der Waals surface area contributed by atoms with Crippen molar-refractivity contribution in [2.75, 3.05) is 18.5 Å². The summed E-state index contributed by atoms with van der Waals surface area (Å²) >= 11 is 5.76. The fraction of sp³-hybridized carbons (Fsp3) is 0.176. The summed E-state index contributed by atoms with van der Waals surface area (Å²) in [6.07, 6.45) is 0. The van der Waals surface area contributed by atoms with Crippen LogP contribution in [0.2, 0.25) is 5.02 Å². The van der Waals surface area contributed by atoms with E-state index in [4.69, 9.17) is 16.3 Å². The molecule has 132 valence electrons. The van der Waals surface area contributed by atoms with Crippen LogP contribution in [0.5, 0.6) is 5.75 Å². The van der Waals surface area contributed by atoms with Crippen LogP contribution in [0, 0.1) is 11.6 Å².